The molecule has 0 spiro atoms. The van der Waals surface area contributed by atoms with Crippen molar-refractivity contribution >= 4 is 24.4 Å². The lowest BCUT2D eigenvalue weighted by Gasteiger charge is -2.31. The first-order valence-electron chi connectivity index (χ1n) is 11.9. The minimum absolute atomic E-state index is 0.133. The molecule has 15 heteroatoms. The normalized spacial score (nSPS) is 26.2. The van der Waals surface area contributed by atoms with Crippen molar-refractivity contribution in [2.75, 3.05) is 32.2 Å². The number of fused-ring (bicyclic) bond motifs is 1. The van der Waals surface area contributed by atoms with E-state index in [9.17, 15) is 24.6 Å². The van der Waals surface area contributed by atoms with Gasteiger partial charge < -0.3 is 44.6 Å². The quantitative estimate of drug-likeness (QED) is 0.179. The summed E-state index contributed by atoms with van der Waals surface area (Å²) in [6, 6.07) is 0.229. The molecular weight excluding hydrogens is 509 g/mol. The van der Waals surface area contributed by atoms with Gasteiger partial charge in [0.25, 0.3) is 0 Å². The van der Waals surface area contributed by atoms with E-state index in [0.29, 0.717) is 11.2 Å². The highest BCUT2D eigenvalue weighted by atomic mass is 31.2. The second kappa shape index (κ2) is 11.3. The van der Waals surface area contributed by atoms with Crippen LogP contribution in [0.1, 0.15) is 44.7 Å². The van der Waals surface area contributed by atoms with E-state index in [2.05, 4.69) is 32.2 Å². The van der Waals surface area contributed by atoms with Crippen molar-refractivity contribution < 1.29 is 43.9 Å². The van der Waals surface area contributed by atoms with Crippen molar-refractivity contribution in [3.8, 4) is 11.8 Å². The molecule has 0 amide bonds. The van der Waals surface area contributed by atoms with Gasteiger partial charge in [0.05, 0.1) is 24.8 Å². The van der Waals surface area contributed by atoms with Crippen molar-refractivity contribution in [1.29, 1.82) is 0 Å². The van der Waals surface area contributed by atoms with E-state index in [1.807, 2.05) is 0 Å². The van der Waals surface area contributed by atoms with Crippen LogP contribution in [-0.2, 0) is 18.8 Å². The Bertz CT molecular complexity index is 1200. The highest BCUT2D eigenvalue weighted by Crippen LogP contribution is 2.51. The number of ether oxygens (including phenoxy) is 3. The van der Waals surface area contributed by atoms with Gasteiger partial charge in [-0.15, -0.1) is 0 Å². The fourth-order valence-electron chi connectivity index (χ4n) is 4.47. The lowest BCUT2D eigenvalue weighted by atomic mass is 10.1. The molecule has 2 fully saturated rings. The Morgan fingerprint density at radius 3 is 2.65 bits per heavy atom. The van der Waals surface area contributed by atoms with Crippen LogP contribution in [0.3, 0.4) is 0 Å². The van der Waals surface area contributed by atoms with E-state index in [1.165, 1.54) is 24.9 Å². The topological polar surface area (TPSA) is 202 Å². The third-order valence-corrected chi connectivity index (χ3v) is 8.08. The summed E-state index contributed by atoms with van der Waals surface area (Å²) in [4.78, 5) is 28.3. The summed E-state index contributed by atoms with van der Waals surface area (Å²) < 4.78 is 29.4. The third kappa shape index (κ3) is 5.80. The number of hydrogen-bond acceptors (Lipinski definition) is 11. The lowest BCUT2D eigenvalue weighted by molar-refractivity contribution is -0.107. The predicted molar refractivity (Wildman–Crippen MR) is 129 cm³/mol. The Morgan fingerprint density at radius 1 is 1.27 bits per heavy atom. The van der Waals surface area contributed by atoms with Gasteiger partial charge in [0.15, 0.2) is 17.2 Å². The first kappa shape index (κ1) is 27.8. The maximum atomic E-state index is 11.9. The molecule has 37 heavy (non-hydrogen) atoms. The molecule has 0 aromatic carbocycles. The Balaban J connectivity index is 1.61. The molecular formula is C22H32N5O9P. The summed E-state index contributed by atoms with van der Waals surface area (Å²) in [6.07, 6.45) is 0.512. The molecule has 5 atom stereocenters. The van der Waals surface area contributed by atoms with Crippen LogP contribution in [-0.4, -0.2) is 101 Å². The van der Waals surface area contributed by atoms with Crippen molar-refractivity contribution in [2.24, 2.45) is 0 Å². The Morgan fingerprint density at radius 2 is 2.00 bits per heavy atom. The second-order valence-electron chi connectivity index (χ2n) is 9.32. The molecule has 2 aromatic heterocycles. The highest BCUT2D eigenvalue weighted by Gasteiger charge is 2.49. The number of nitrogens with one attached hydrogen (secondary N) is 1. The minimum atomic E-state index is -4.74. The molecule has 204 valence electrons. The first-order chi connectivity index (χ1) is 17.6. The first-order valence-corrected chi connectivity index (χ1v) is 13.5. The SMILES string of the molecule is COCC(C)(OC[C@H]1O[C@@H](n2ncc3c(NC4CCCC4)nc(C#CCO)nc32)[C@H](O)[C@@H]1O)P(=O)(O)O. The molecule has 1 aliphatic carbocycles. The lowest BCUT2D eigenvalue weighted by Crippen LogP contribution is -2.40. The smallest absolute Gasteiger partial charge is 0.359 e. The van der Waals surface area contributed by atoms with Crippen molar-refractivity contribution in [3.05, 3.63) is 12.0 Å². The van der Waals surface area contributed by atoms with E-state index in [1.54, 1.807) is 0 Å². The van der Waals surface area contributed by atoms with E-state index in [0.717, 1.165) is 25.7 Å². The molecule has 1 saturated carbocycles. The van der Waals surface area contributed by atoms with Gasteiger partial charge in [0.1, 0.15) is 30.7 Å². The molecule has 1 saturated heterocycles. The predicted octanol–water partition coefficient (Wildman–Crippen LogP) is -0.299. The molecule has 14 nitrogen and oxygen atoms in total. The average Bonchev–Trinajstić information content (AvgIpc) is 3.57. The molecule has 0 radical (unpaired) electrons. The minimum Gasteiger partial charge on any atom is -0.387 e. The van der Waals surface area contributed by atoms with Gasteiger partial charge in [-0.25, -0.2) is 14.6 Å². The summed E-state index contributed by atoms with van der Waals surface area (Å²) in [5.74, 6) is 5.85. The van der Waals surface area contributed by atoms with Crippen LogP contribution in [0.25, 0.3) is 11.0 Å². The number of aromatic nitrogens is 4. The number of aliphatic hydroxyl groups excluding tert-OH is 3. The number of anilines is 1. The van der Waals surface area contributed by atoms with Crippen LogP contribution in [0.15, 0.2) is 6.20 Å². The van der Waals surface area contributed by atoms with Crippen LogP contribution in [0.2, 0.25) is 0 Å². The van der Waals surface area contributed by atoms with Crippen molar-refractivity contribution in [3.63, 3.8) is 0 Å². The highest BCUT2D eigenvalue weighted by molar-refractivity contribution is 7.53. The van der Waals surface area contributed by atoms with Crippen LogP contribution in [0.5, 0.6) is 0 Å². The van der Waals surface area contributed by atoms with E-state index >= 15 is 0 Å². The van der Waals surface area contributed by atoms with Gasteiger partial charge in [0.2, 0.25) is 5.82 Å². The average molecular weight is 541 g/mol. The van der Waals surface area contributed by atoms with Crippen molar-refractivity contribution in [2.45, 2.75) is 68.5 Å². The monoisotopic (exact) mass is 541 g/mol. The summed E-state index contributed by atoms with van der Waals surface area (Å²) in [5, 5.41) is 36.8. The van der Waals surface area contributed by atoms with E-state index < -0.39 is 50.7 Å². The number of aliphatic hydroxyl groups is 3. The summed E-state index contributed by atoms with van der Waals surface area (Å²) in [5.41, 5.74) is 0.287. The molecule has 1 unspecified atom stereocenters. The summed E-state index contributed by atoms with van der Waals surface area (Å²) >= 11 is 0. The van der Waals surface area contributed by atoms with Crippen LogP contribution in [0, 0.1) is 11.8 Å². The number of rotatable bonds is 9. The number of nitrogens with zero attached hydrogens (tertiary/aromatic N) is 4. The fraction of sp³-hybridized carbons (Fsp3) is 0.682. The van der Waals surface area contributed by atoms with Gasteiger partial charge in [0, 0.05) is 13.2 Å². The van der Waals surface area contributed by atoms with Crippen molar-refractivity contribution in [1.82, 2.24) is 19.7 Å². The van der Waals surface area contributed by atoms with Crippen LogP contribution in [0.4, 0.5) is 5.82 Å². The largest absolute Gasteiger partial charge is 0.387 e. The van der Waals surface area contributed by atoms with Crippen LogP contribution >= 0.6 is 7.60 Å². The fourth-order valence-corrected chi connectivity index (χ4v) is 5.01. The van der Waals surface area contributed by atoms with Gasteiger partial charge >= 0.3 is 7.60 Å². The molecule has 1 aliphatic heterocycles. The molecule has 6 N–H and O–H groups in total. The Hall–Kier alpha value is -2.18. The Labute approximate surface area is 213 Å². The molecule has 3 heterocycles. The second-order valence-corrected chi connectivity index (χ2v) is 11.4. The summed E-state index contributed by atoms with van der Waals surface area (Å²) in [6.45, 7) is -0.0178. The maximum absolute atomic E-state index is 11.9. The van der Waals surface area contributed by atoms with E-state index in [-0.39, 0.29) is 24.1 Å². The maximum Gasteiger partial charge on any atom is 0.359 e. The molecule has 4 rings (SSSR count). The number of methoxy groups -OCH3 is 1. The third-order valence-electron chi connectivity index (χ3n) is 6.59. The summed E-state index contributed by atoms with van der Waals surface area (Å²) in [7, 11) is -3.47. The van der Waals surface area contributed by atoms with Gasteiger partial charge in [-0.1, -0.05) is 18.8 Å². The van der Waals surface area contributed by atoms with Gasteiger partial charge in [-0.05, 0) is 25.7 Å². The molecule has 2 aromatic rings. The molecule has 2 aliphatic rings. The number of hydrogen-bond donors (Lipinski definition) is 6. The zero-order chi connectivity index (χ0) is 26.8. The van der Waals surface area contributed by atoms with E-state index in [4.69, 9.17) is 19.3 Å². The zero-order valence-corrected chi connectivity index (χ0v) is 21.4. The van der Waals surface area contributed by atoms with Gasteiger partial charge in [-0.3, -0.25) is 4.57 Å². The zero-order valence-electron chi connectivity index (χ0n) is 20.5. The molecule has 0 bridgehead atoms. The van der Waals surface area contributed by atoms with Crippen LogP contribution < -0.4 is 5.32 Å². The standard InChI is InChI=1S/C22H32N5O9P/c1-22(12-34-2,37(31,32)33)35-11-15-17(29)18(30)21(36-15)27-20-14(10-23-27)19(24-13-6-3-4-7-13)25-16(26-20)8-5-9-28/h10,13,15,17-18,21,28-30H,3-4,6-7,9,11-12H2,1-2H3,(H,24,25,26)(H2,31,32,33)/t15-,17-,18-,21-,22?/m1/s1. The van der Waals surface area contributed by atoms with Gasteiger partial charge in [-0.2, -0.15) is 5.10 Å². The Kier molecular flexibility index (Phi) is 8.49.